The van der Waals surface area contributed by atoms with Crippen LogP contribution in [0.5, 0.6) is 0 Å². The lowest BCUT2D eigenvalue weighted by Gasteiger charge is -2.03. The molecule has 3 rings (SSSR count). The number of aromatic nitrogens is 1. The van der Waals surface area contributed by atoms with Crippen molar-refractivity contribution in [1.29, 1.82) is 0 Å². The highest BCUT2D eigenvalue weighted by molar-refractivity contribution is 7.90. The third-order valence-corrected chi connectivity index (χ3v) is 4.53. The van der Waals surface area contributed by atoms with Gasteiger partial charge in [-0.3, -0.25) is 0 Å². The van der Waals surface area contributed by atoms with Crippen LogP contribution in [-0.4, -0.2) is 19.7 Å². The van der Waals surface area contributed by atoms with E-state index in [-0.39, 0.29) is 0 Å². The first-order valence-electron chi connectivity index (χ1n) is 6.81. The fourth-order valence-electron chi connectivity index (χ4n) is 2.27. The van der Waals surface area contributed by atoms with E-state index in [2.05, 4.69) is 4.98 Å². The zero-order chi connectivity index (χ0) is 15.6. The van der Waals surface area contributed by atoms with Gasteiger partial charge in [-0.05, 0) is 29.8 Å². The standard InChI is InChI=1S/C17H15NO3S/c1-22(19,20)15-9-7-14(8-10-15)17-16(18-12-21-17)11-13-5-3-2-4-6-13/h2-10,12H,11H2,1H3. The highest BCUT2D eigenvalue weighted by atomic mass is 32.2. The second-order valence-corrected chi connectivity index (χ2v) is 7.10. The topological polar surface area (TPSA) is 60.2 Å². The lowest BCUT2D eigenvalue weighted by molar-refractivity contribution is 0.571. The van der Waals surface area contributed by atoms with Crippen molar-refractivity contribution in [3.05, 3.63) is 72.2 Å². The van der Waals surface area contributed by atoms with Crippen LogP contribution >= 0.6 is 0 Å². The summed E-state index contributed by atoms with van der Waals surface area (Å²) in [7, 11) is -3.19. The van der Waals surface area contributed by atoms with Crippen LogP contribution in [0, 0.1) is 0 Å². The quantitative estimate of drug-likeness (QED) is 0.741. The summed E-state index contributed by atoms with van der Waals surface area (Å²) in [5.41, 5.74) is 2.79. The minimum absolute atomic E-state index is 0.292. The normalized spacial score (nSPS) is 11.5. The lowest BCUT2D eigenvalue weighted by Crippen LogP contribution is -1.96. The van der Waals surface area contributed by atoms with E-state index < -0.39 is 9.84 Å². The van der Waals surface area contributed by atoms with Crippen molar-refractivity contribution < 1.29 is 12.8 Å². The largest absolute Gasteiger partial charge is 0.443 e. The second-order valence-electron chi connectivity index (χ2n) is 5.09. The summed E-state index contributed by atoms with van der Waals surface area (Å²) < 4.78 is 28.5. The fraction of sp³-hybridized carbons (Fsp3) is 0.118. The number of nitrogens with zero attached hydrogens (tertiary/aromatic N) is 1. The third-order valence-electron chi connectivity index (χ3n) is 3.40. The molecule has 0 atom stereocenters. The van der Waals surface area contributed by atoms with Crippen LogP contribution in [0.15, 0.2) is 70.3 Å². The maximum absolute atomic E-state index is 11.5. The number of hydrogen-bond acceptors (Lipinski definition) is 4. The maximum atomic E-state index is 11.5. The van der Waals surface area contributed by atoms with Gasteiger partial charge in [0, 0.05) is 18.2 Å². The van der Waals surface area contributed by atoms with Crippen LogP contribution in [0.2, 0.25) is 0 Å². The van der Waals surface area contributed by atoms with Crippen LogP contribution in [-0.2, 0) is 16.3 Å². The predicted octanol–water partition coefficient (Wildman–Crippen LogP) is 3.34. The molecule has 0 unspecified atom stereocenters. The molecule has 0 fully saturated rings. The van der Waals surface area contributed by atoms with Gasteiger partial charge in [0.25, 0.3) is 0 Å². The van der Waals surface area contributed by atoms with Crippen LogP contribution < -0.4 is 0 Å². The molecule has 22 heavy (non-hydrogen) atoms. The van der Waals surface area contributed by atoms with Gasteiger partial charge in [0.1, 0.15) is 0 Å². The summed E-state index contributed by atoms with van der Waals surface area (Å²) >= 11 is 0. The van der Waals surface area contributed by atoms with Gasteiger partial charge in [-0.2, -0.15) is 0 Å². The molecule has 0 spiro atoms. The lowest BCUT2D eigenvalue weighted by atomic mass is 10.1. The van der Waals surface area contributed by atoms with Crippen molar-refractivity contribution in [3.63, 3.8) is 0 Å². The molecule has 0 radical (unpaired) electrons. The van der Waals surface area contributed by atoms with Crippen molar-refractivity contribution in [3.8, 4) is 11.3 Å². The SMILES string of the molecule is CS(=O)(=O)c1ccc(-c2ocnc2Cc2ccccc2)cc1. The molecule has 0 aliphatic carbocycles. The molecular weight excluding hydrogens is 298 g/mol. The first kappa shape index (κ1) is 14.5. The number of rotatable bonds is 4. The van der Waals surface area contributed by atoms with E-state index in [1.54, 1.807) is 24.3 Å². The van der Waals surface area contributed by atoms with Crippen molar-refractivity contribution in [1.82, 2.24) is 4.98 Å². The van der Waals surface area contributed by atoms with Crippen molar-refractivity contribution in [2.45, 2.75) is 11.3 Å². The zero-order valence-corrected chi connectivity index (χ0v) is 12.9. The molecule has 4 nitrogen and oxygen atoms in total. The van der Waals surface area contributed by atoms with Crippen LogP contribution in [0.25, 0.3) is 11.3 Å². The number of oxazole rings is 1. The average molecular weight is 313 g/mol. The molecule has 2 aromatic carbocycles. The molecule has 0 aliphatic heterocycles. The molecule has 0 amide bonds. The molecule has 1 aromatic heterocycles. The van der Waals surface area contributed by atoms with Gasteiger partial charge in [-0.15, -0.1) is 0 Å². The summed E-state index contributed by atoms with van der Waals surface area (Å²) in [6.07, 6.45) is 3.27. The molecule has 1 heterocycles. The Morgan fingerprint density at radius 3 is 2.32 bits per heavy atom. The van der Waals surface area contributed by atoms with Crippen LogP contribution in [0.3, 0.4) is 0 Å². The Hall–Kier alpha value is -2.40. The minimum Gasteiger partial charge on any atom is -0.443 e. The molecule has 0 aliphatic rings. The maximum Gasteiger partial charge on any atom is 0.181 e. The van der Waals surface area contributed by atoms with E-state index in [0.717, 1.165) is 16.8 Å². The van der Waals surface area contributed by atoms with Gasteiger partial charge in [-0.1, -0.05) is 30.3 Å². The van der Waals surface area contributed by atoms with Crippen LogP contribution in [0.4, 0.5) is 0 Å². The van der Waals surface area contributed by atoms with Gasteiger partial charge < -0.3 is 4.42 Å². The number of sulfone groups is 1. The molecule has 0 saturated heterocycles. The van der Waals surface area contributed by atoms with Gasteiger partial charge in [0.2, 0.25) is 0 Å². The van der Waals surface area contributed by atoms with E-state index in [9.17, 15) is 8.42 Å². The summed E-state index contributed by atoms with van der Waals surface area (Å²) in [4.78, 5) is 4.57. The Balaban J connectivity index is 1.92. The van der Waals surface area contributed by atoms with E-state index >= 15 is 0 Å². The molecule has 3 aromatic rings. The zero-order valence-electron chi connectivity index (χ0n) is 12.1. The third kappa shape index (κ3) is 3.09. The molecule has 0 N–H and O–H groups in total. The molecule has 0 bridgehead atoms. The smallest absolute Gasteiger partial charge is 0.181 e. The molecule has 0 saturated carbocycles. The predicted molar refractivity (Wildman–Crippen MR) is 84.3 cm³/mol. The Bertz CT molecular complexity index is 866. The molecular formula is C17H15NO3S. The molecule has 5 heteroatoms. The summed E-state index contributed by atoms with van der Waals surface area (Å²) in [5, 5.41) is 0. The van der Waals surface area contributed by atoms with Crippen molar-refractivity contribution >= 4 is 9.84 Å². The van der Waals surface area contributed by atoms with Gasteiger partial charge >= 0.3 is 0 Å². The van der Waals surface area contributed by atoms with E-state index in [4.69, 9.17) is 4.42 Å². The second kappa shape index (κ2) is 5.77. The number of benzene rings is 2. The highest BCUT2D eigenvalue weighted by Gasteiger charge is 2.13. The average Bonchev–Trinajstić information content (AvgIpc) is 2.96. The van der Waals surface area contributed by atoms with E-state index in [1.165, 1.54) is 12.6 Å². The Morgan fingerprint density at radius 2 is 1.68 bits per heavy atom. The summed E-state index contributed by atoms with van der Waals surface area (Å²) in [6.45, 7) is 0. The number of hydrogen-bond donors (Lipinski definition) is 0. The van der Waals surface area contributed by atoms with Gasteiger partial charge in [0.05, 0.1) is 10.6 Å². The first-order valence-corrected chi connectivity index (χ1v) is 8.70. The minimum atomic E-state index is -3.19. The Morgan fingerprint density at radius 1 is 1.00 bits per heavy atom. The monoisotopic (exact) mass is 313 g/mol. The molecule has 112 valence electrons. The van der Waals surface area contributed by atoms with Gasteiger partial charge in [-0.25, -0.2) is 13.4 Å². The van der Waals surface area contributed by atoms with Crippen LogP contribution in [0.1, 0.15) is 11.3 Å². The highest BCUT2D eigenvalue weighted by Crippen LogP contribution is 2.26. The Labute approximate surface area is 129 Å². The van der Waals surface area contributed by atoms with Crippen molar-refractivity contribution in [2.24, 2.45) is 0 Å². The van der Waals surface area contributed by atoms with E-state index in [0.29, 0.717) is 17.1 Å². The van der Waals surface area contributed by atoms with Gasteiger partial charge in [0.15, 0.2) is 22.0 Å². The fourth-order valence-corrected chi connectivity index (χ4v) is 2.90. The van der Waals surface area contributed by atoms with E-state index in [1.807, 2.05) is 30.3 Å². The Kier molecular flexibility index (Phi) is 3.81. The summed E-state index contributed by atoms with van der Waals surface area (Å²) in [5.74, 6) is 0.670. The first-order chi connectivity index (χ1) is 10.5. The van der Waals surface area contributed by atoms with Crippen molar-refractivity contribution in [2.75, 3.05) is 6.26 Å². The summed E-state index contributed by atoms with van der Waals surface area (Å²) in [6, 6.07) is 16.6.